The molecule has 2 N–H and O–H groups in total. The Morgan fingerprint density at radius 1 is 1.12 bits per heavy atom. The van der Waals surface area contributed by atoms with Crippen molar-refractivity contribution in [3.63, 3.8) is 0 Å². The summed E-state index contributed by atoms with van der Waals surface area (Å²) >= 11 is 7.00. The van der Waals surface area contributed by atoms with E-state index >= 15 is 0 Å². The van der Waals surface area contributed by atoms with E-state index in [0.29, 0.717) is 0 Å². The van der Waals surface area contributed by atoms with Crippen molar-refractivity contribution in [1.82, 2.24) is 5.43 Å². The number of halogens is 2. The maximum Gasteiger partial charge on any atom is 0.259 e. The third-order valence-corrected chi connectivity index (χ3v) is 4.62. The van der Waals surface area contributed by atoms with Gasteiger partial charge < -0.3 is 5.32 Å². The summed E-state index contributed by atoms with van der Waals surface area (Å²) in [5, 5.41) is 7.35. The molecule has 1 amide bonds. The maximum absolute atomic E-state index is 12.0. The van der Waals surface area contributed by atoms with E-state index in [0.717, 1.165) is 37.9 Å². The second-order valence-electron chi connectivity index (χ2n) is 5.27. The fraction of sp³-hybridized carbons (Fsp3) is 0.222. The molecule has 6 heteroatoms. The lowest BCUT2D eigenvalue weighted by Crippen LogP contribution is -2.27. The van der Waals surface area contributed by atoms with Gasteiger partial charge >= 0.3 is 0 Å². The second kappa shape index (κ2) is 8.99. The van der Waals surface area contributed by atoms with E-state index in [2.05, 4.69) is 47.7 Å². The highest BCUT2D eigenvalue weighted by atomic mass is 79.9. The van der Waals surface area contributed by atoms with Gasteiger partial charge in [-0.3, -0.25) is 4.79 Å². The first-order valence-electron chi connectivity index (χ1n) is 7.61. The Bertz CT molecular complexity index is 722. The highest BCUT2D eigenvalue weighted by Crippen LogP contribution is 2.32. The van der Waals surface area contributed by atoms with Crippen LogP contribution in [-0.2, 0) is 4.79 Å². The molecule has 2 aromatic carbocycles. The number of anilines is 1. The molecule has 4 nitrogen and oxygen atoms in total. The summed E-state index contributed by atoms with van der Waals surface area (Å²) in [7, 11) is 0. The van der Waals surface area contributed by atoms with E-state index in [9.17, 15) is 4.79 Å². The number of rotatable bonds is 6. The van der Waals surface area contributed by atoms with Gasteiger partial charge in [0.2, 0.25) is 0 Å². The van der Waals surface area contributed by atoms with E-state index in [1.165, 1.54) is 0 Å². The highest BCUT2D eigenvalue weighted by Gasteiger charge is 2.08. The fourth-order valence-electron chi connectivity index (χ4n) is 2.19. The smallest absolute Gasteiger partial charge is 0.259 e. The molecule has 0 fully saturated rings. The molecular weight excluding hydrogens is 434 g/mol. The summed E-state index contributed by atoms with van der Waals surface area (Å²) in [6.07, 6.45) is 0.743. The lowest BCUT2D eigenvalue weighted by atomic mass is 10.1. The van der Waals surface area contributed by atoms with Gasteiger partial charge in [-0.15, -0.1) is 0 Å². The number of benzene rings is 2. The molecule has 0 aliphatic rings. The Balaban J connectivity index is 1.97. The number of nitrogens with zero attached hydrogens (tertiary/aromatic N) is 1. The molecule has 0 unspecified atom stereocenters. The molecule has 0 saturated carbocycles. The Labute approximate surface area is 159 Å². The summed E-state index contributed by atoms with van der Waals surface area (Å²) < 4.78 is 1.81. The van der Waals surface area contributed by atoms with Crippen LogP contribution >= 0.6 is 31.9 Å². The van der Waals surface area contributed by atoms with Crippen LogP contribution in [0.1, 0.15) is 24.5 Å². The summed E-state index contributed by atoms with van der Waals surface area (Å²) in [5.41, 5.74) is 6.44. The number of hydrazone groups is 1. The summed E-state index contributed by atoms with van der Waals surface area (Å²) in [6, 6.07) is 13.8. The first kappa shape index (κ1) is 18.7. The molecule has 126 valence electrons. The van der Waals surface area contributed by atoms with Crippen LogP contribution in [-0.4, -0.2) is 18.2 Å². The van der Waals surface area contributed by atoms with Gasteiger partial charge in [0.05, 0.1) is 17.9 Å². The zero-order valence-corrected chi connectivity index (χ0v) is 16.7. The van der Waals surface area contributed by atoms with Gasteiger partial charge in [-0.1, -0.05) is 37.3 Å². The van der Waals surface area contributed by atoms with Gasteiger partial charge in [0.1, 0.15) is 0 Å². The number of amides is 1. The van der Waals surface area contributed by atoms with E-state index < -0.39 is 0 Å². The molecule has 0 spiro atoms. The van der Waals surface area contributed by atoms with Gasteiger partial charge in [-0.05, 0) is 68.5 Å². The average molecular weight is 453 g/mol. The lowest BCUT2D eigenvalue weighted by molar-refractivity contribution is -0.119. The zero-order valence-electron chi connectivity index (χ0n) is 13.6. The van der Waals surface area contributed by atoms with Gasteiger partial charge in [0, 0.05) is 8.95 Å². The van der Waals surface area contributed by atoms with Crippen LogP contribution in [0.4, 0.5) is 5.69 Å². The van der Waals surface area contributed by atoms with Crippen molar-refractivity contribution < 1.29 is 4.79 Å². The molecule has 0 atom stereocenters. The largest absolute Gasteiger partial charge is 0.374 e. The molecule has 0 aliphatic carbocycles. The van der Waals surface area contributed by atoms with E-state index in [1.54, 1.807) is 0 Å². The summed E-state index contributed by atoms with van der Waals surface area (Å²) in [6.45, 7) is 4.16. The van der Waals surface area contributed by atoms with Crippen LogP contribution in [0.2, 0.25) is 0 Å². The molecule has 24 heavy (non-hydrogen) atoms. The van der Waals surface area contributed by atoms with E-state index in [1.807, 2.05) is 56.3 Å². The lowest BCUT2D eigenvalue weighted by Gasteiger charge is -2.11. The third-order valence-electron chi connectivity index (χ3n) is 3.37. The highest BCUT2D eigenvalue weighted by molar-refractivity contribution is 9.11. The number of nitrogens with one attached hydrogen (secondary N) is 2. The molecule has 0 heterocycles. The predicted molar refractivity (Wildman–Crippen MR) is 106 cm³/mol. The van der Waals surface area contributed by atoms with Crippen molar-refractivity contribution in [3.05, 3.63) is 62.5 Å². The Kier molecular flexibility index (Phi) is 6.99. The number of carbonyl (C=O) groups is 1. The van der Waals surface area contributed by atoms with Gasteiger partial charge in [0.25, 0.3) is 5.91 Å². The minimum absolute atomic E-state index is 0.134. The SMILES string of the molecule is CC/C(=N/NC(=O)CNc1c(Br)cc(C)cc1Br)c1ccccc1. The second-order valence-corrected chi connectivity index (χ2v) is 6.98. The van der Waals surface area contributed by atoms with Gasteiger partial charge in [-0.25, -0.2) is 5.43 Å². The molecule has 0 aliphatic heterocycles. The van der Waals surface area contributed by atoms with Crippen LogP contribution in [0, 0.1) is 6.92 Å². The van der Waals surface area contributed by atoms with Gasteiger partial charge in [-0.2, -0.15) is 5.10 Å². The standard InChI is InChI=1S/C18H19Br2N3O/c1-3-16(13-7-5-4-6-8-13)22-23-17(24)11-21-18-14(19)9-12(2)10-15(18)20/h4-10,21H,3,11H2,1-2H3,(H,23,24)/b22-16-. The molecule has 0 saturated heterocycles. The Morgan fingerprint density at radius 3 is 2.33 bits per heavy atom. The van der Waals surface area contributed by atoms with Crippen LogP contribution in [0.3, 0.4) is 0 Å². The summed E-state index contributed by atoms with van der Waals surface area (Å²) in [5.74, 6) is -0.198. The molecule has 0 radical (unpaired) electrons. The van der Waals surface area contributed by atoms with Crippen molar-refractivity contribution >= 4 is 49.2 Å². The monoisotopic (exact) mass is 451 g/mol. The van der Waals surface area contributed by atoms with Gasteiger partial charge in [0.15, 0.2) is 0 Å². The van der Waals surface area contributed by atoms with Crippen molar-refractivity contribution in [1.29, 1.82) is 0 Å². The number of carbonyl (C=O) groups excluding carboxylic acids is 1. The van der Waals surface area contributed by atoms with E-state index in [-0.39, 0.29) is 12.5 Å². The Morgan fingerprint density at radius 2 is 1.75 bits per heavy atom. The van der Waals surface area contributed by atoms with Crippen molar-refractivity contribution in [3.8, 4) is 0 Å². The van der Waals surface area contributed by atoms with Crippen molar-refractivity contribution in [2.45, 2.75) is 20.3 Å². The zero-order chi connectivity index (χ0) is 17.5. The molecule has 0 bridgehead atoms. The number of aryl methyl sites for hydroxylation is 1. The van der Waals surface area contributed by atoms with Crippen LogP contribution in [0.15, 0.2) is 56.5 Å². The average Bonchev–Trinajstić information content (AvgIpc) is 2.55. The number of hydrogen-bond acceptors (Lipinski definition) is 3. The topological polar surface area (TPSA) is 53.5 Å². The van der Waals surface area contributed by atoms with Crippen LogP contribution in [0.25, 0.3) is 0 Å². The van der Waals surface area contributed by atoms with Crippen molar-refractivity contribution in [2.24, 2.45) is 5.10 Å². The molecule has 2 aromatic rings. The first-order chi connectivity index (χ1) is 11.5. The minimum atomic E-state index is -0.198. The molecule has 2 rings (SSSR count). The quantitative estimate of drug-likeness (QED) is 0.485. The fourth-order valence-corrected chi connectivity index (χ4v) is 3.88. The third kappa shape index (κ3) is 5.18. The molecule has 0 aromatic heterocycles. The predicted octanol–water partition coefficient (Wildman–Crippen LogP) is 4.86. The number of hydrogen-bond donors (Lipinski definition) is 2. The first-order valence-corrected chi connectivity index (χ1v) is 9.20. The minimum Gasteiger partial charge on any atom is -0.374 e. The Hall–Kier alpha value is -1.66. The van der Waals surface area contributed by atoms with Crippen LogP contribution in [0.5, 0.6) is 0 Å². The summed E-state index contributed by atoms with van der Waals surface area (Å²) in [4.78, 5) is 12.0. The normalized spacial score (nSPS) is 11.2. The van der Waals surface area contributed by atoms with E-state index in [4.69, 9.17) is 0 Å². The molecular formula is C18H19Br2N3O. The van der Waals surface area contributed by atoms with Crippen LogP contribution < -0.4 is 10.7 Å². The maximum atomic E-state index is 12.0. The van der Waals surface area contributed by atoms with Crippen molar-refractivity contribution in [2.75, 3.05) is 11.9 Å².